The Bertz CT molecular complexity index is 178. The molecule has 0 saturated heterocycles. The summed E-state index contributed by atoms with van der Waals surface area (Å²) in [5, 5.41) is 7.89. The van der Waals surface area contributed by atoms with E-state index in [9.17, 15) is 9.59 Å². The molecule has 0 aromatic heterocycles. The van der Waals surface area contributed by atoms with Gasteiger partial charge in [-0.1, -0.05) is 19.8 Å². The van der Waals surface area contributed by atoms with Gasteiger partial charge in [-0.2, -0.15) is 5.26 Å². The van der Waals surface area contributed by atoms with E-state index in [1.165, 1.54) is 0 Å². The molecule has 5 nitrogen and oxygen atoms in total. The maximum absolute atomic E-state index is 10.9. The fourth-order valence-electron chi connectivity index (χ4n) is 0.860. The minimum Gasteiger partial charge on any atom is -0.466 e. The van der Waals surface area contributed by atoms with Crippen LogP contribution in [0.25, 0.3) is 0 Å². The van der Waals surface area contributed by atoms with Gasteiger partial charge in [0.05, 0.1) is 19.4 Å². The maximum atomic E-state index is 10.9. The van der Waals surface area contributed by atoms with Crippen LogP contribution in [0.1, 0.15) is 39.0 Å². The highest BCUT2D eigenvalue weighted by Crippen LogP contribution is 1.98. The van der Waals surface area contributed by atoms with Crippen LogP contribution in [0.4, 0.5) is 0 Å². The van der Waals surface area contributed by atoms with Crippen molar-refractivity contribution in [2.24, 2.45) is 0 Å². The molecule has 0 atom stereocenters. The molecule has 82 valence electrons. The summed E-state index contributed by atoms with van der Waals surface area (Å²) in [6.07, 6.45) is 2.72. The lowest BCUT2D eigenvalue weighted by atomic mass is 10.3. The number of unbranched alkanes of at least 4 members (excludes halogenated alkanes) is 2. The van der Waals surface area contributed by atoms with Gasteiger partial charge >= 0.3 is 11.9 Å². The Labute approximate surface area is 82.9 Å². The Hall–Kier alpha value is -1.10. The van der Waals surface area contributed by atoms with E-state index in [0.29, 0.717) is 6.61 Å². The average Bonchev–Trinajstić information content (AvgIpc) is 2.21. The van der Waals surface area contributed by atoms with E-state index in [1.54, 1.807) is 0 Å². The van der Waals surface area contributed by atoms with Crippen LogP contribution in [0.5, 0.6) is 0 Å². The highest BCUT2D eigenvalue weighted by Gasteiger charge is 2.08. The second-order valence-corrected chi connectivity index (χ2v) is 2.89. The molecule has 5 heteroatoms. The molecule has 0 amide bonds. The van der Waals surface area contributed by atoms with Gasteiger partial charge < -0.3 is 9.62 Å². The average molecular weight is 204 g/mol. The molecule has 0 spiro atoms. The molecule has 1 N–H and O–H groups in total. The standard InChI is InChI=1S/C9H16O5/c1-2-3-4-7-13-8(10)5-6-9(11)14-12/h12H,2-7H2,1H3. The molecule has 0 aromatic rings. The van der Waals surface area contributed by atoms with Gasteiger partial charge in [0.2, 0.25) is 0 Å². The summed E-state index contributed by atoms with van der Waals surface area (Å²) in [6, 6.07) is 0. The molecule has 0 unspecified atom stereocenters. The van der Waals surface area contributed by atoms with E-state index >= 15 is 0 Å². The quantitative estimate of drug-likeness (QED) is 0.294. The summed E-state index contributed by atoms with van der Waals surface area (Å²) in [4.78, 5) is 24.7. The number of hydrogen-bond donors (Lipinski definition) is 1. The van der Waals surface area contributed by atoms with Crippen molar-refractivity contribution in [3.63, 3.8) is 0 Å². The third-order valence-electron chi connectivity index (χ3n) is 1.65. The highest BCUT2D eigenvalue weighted by molar-refractivity contribution is 5.77. The predicted octanol–water partition coefficient (Wildman–Crippen LogP) is 1.52. The largest absolute Gasteiger partial charge is 0.466 e. The topological polar surface area (TPSA) is 72.8 Å². The fourth-order valence-corrected chi connectivity index (χ4v) is 0.860. The van der Waals surface area contributed by atoms with Crippen LogP contribution in [0.2, 0.25) is 0 Å². The van der Waals surface area contributed by atoms with Crippen molar-refractivity contribution in [1.29, 1.82) is 0 Å². The Morgan fingerprint density at radius 1 is 1.14 bits per heavy atom. The first-order valence-corrected chi connectivity index (χ1v) is 4.70. The van der Waals surface area contributed by atoms with Crippen LogP contribution in [0.3, 0.4) is 0 Å². The molecule has 0 aliphatic heterocycles. The Morgan fingerprint density at radius 3 is 2.36 bits per heavy atom. The summed E-state index contributed by atoms with van der Waals surface area (Å²) >= 11 is 0. The molecule has 0 rings (SSSR count). The van der Waals surface area contributed by atoms with Crippen LogP contribution in [0, 0.1) is 0 Å². The first-order chi connectivity index (χ1) is 6.70. The number of carbonyl (C=O) groups is 2. The lowest BCUT2D eigenvalue weighted by molar-refractivity contribution is -0.234. The molecule has 0 heterocycles. The van der Waals surface area contributed by atoms with Gasteiger partial charge in [-0.15, -0.1) is 0 Å². The first-order valence-electron chi connectivity index (χ1n) is 4.70. The monoisotopic (exact) mass is 204 g/mol. The van der Waals surface area contributed by atoms with Gasteiger partial charge in [-0.25, -0.2) is 4.79 Å². The highest BCUT2D eigenvalue weighted by atomic mass is 17.1. The van der Waals surface area contributed by atoms with E-state index < -0.39 is 11.9 Å². The molecule has 0 aliphatic carbocycles. The van der Waals surface area contributed by atoms with Crippen LogP contribution < -0.4 is 0 Å². The molecular formula is C9H16O5. The zero-order valence-electron chi connectivity index (χ0n) is 8.32. The van der Waals surface area contributed by atoms with Crippen molar-refractivity contribution in [2.45, 2.75) is 39.0 Å². The van der Waals surface area contributed by atoms with Gasteiger partial charge in [-0.3, -0.25) is 4.79 Å². The number of carbonyl (C=O) groups excluding carboxylic acids is 2. The Balaban J connectivity index is 3.32. The van der Waals surface area contributed by atoms with Gasteiger partial charge in [0.1, 0.15) is 0 Å². The van der Waals surface area contributed by atoms with Crippen molar-refractivity contribution in [3.05, 3.63) is 0 Å². The van der Waals surface area contributed by atoms with Crippen molar-refractivity contribution in [3.8, 4) is 0 Å². The predicted molar refractivity (Wildman–Crippen MR) is 48.4 cm³/mol. The summed E-state index contributed by atoms with van der Waals surface area (Å²) in [5.74, 6) is -1.26. The van der Waals surface area contributed by atoms with Crippen LogP contribution in [-0.2, 0) is 19.2 Å². The molecule has 0 fully saturated rings. The van der Waals surface area contributed by atoms with E-state index in [-0.39, 0.29) is 12.8 Å². The van der Waals surface area contributed by atoms with Gasteiger partial charge in [0.25, 0.3) is 0 Å². The maximum Gasteiger partial charge on any atom is 0.342 e. The van der Waals surface area contributed by atoms with E-state index in [2.05, 4.69) is 11.8 Å². The van der Waals surface area contributed by atoms with E-state index in [1.807, 2.05) is 0 Å². The molecule has 0 aliphatic rings. The van der Waals surface area contributed by atoms with Crippen molar-refractivity contribution in [2.75, 3.05) is 6.61 Å². The Morgan fingerprint density at radius 2 is 1.79 bits per heavy atom. The molecule has 14 heavy (non-hydrogen) atoms. The number of hydrogen-bond acceptors (Lipinski definition) is 5. The number of rotatable bonds is 7. The molecule has 0 aromatic carbocycles. The second kappa shape index (κ2) is 8.50. The molecule has 0 saturated carbocycles. The van der Waals surface area contributed by atoms with Crippen molar-refractivity contribution in [1.82, 2.24) is 0 Å². The summed E-state index contributed by atoms with van der Waals surface area (Å²) in [6.45, 7) is 2.44. The van der Waals surface area contributed by atoms with Crippen molar-refractivity contribution >= 4 is 11.9 Å². The summed E-state index contributed by atoms with van der Waals surface area (Å²) in [7, 11) is 0. The summed E-state index contributed by atoms with van der Waals surface area (Å²) in [5.41, 5.74) is 0. The third kappa shape index (κ3) is 7.54. The number of ether oxygens (including phenoxy) is 1. The van der Waals surface area contributed by atoms with Gasteiger partial charge in [0, 0.05) is 0 Å². The van der Waals surface area contributed by atoms with E-state index in [4.69, 9.17) is 9.99 Å². The second-order valence-electron chi connectivity index (χ2n) is 2.89. The van der Waals surface area contributed by atoms with Crippen LogP contribution >= 0.6 is 0 Å². The zero-order valence-corrected chi connectivity index (χ0v) is 8.32. The van der Waals surface area contributed by atoms with Gasteiger partial charge in [-0.05, 0) is 6.42 Å². The third-order valence-corrected chi connectivity index (χ3v) is 1.65. The SMILES string of the molecule is CCCCCOC(=O)CCC(=O)OO. The summed E-state index contributed by atoms with van der Waals surface area (Å²) < 4.78 is 4.81. The zero-order chi connectivity index (χ0) is 10.8. The first kappa shape index (κ1) is 12.9. The van der Waals surface area contributed by atoms with E-state index in [0.717, 1.165) is 19.3 Å². The normalized spacial score (nSPS) is 9.57. The molecular weight excluding hydrogens is 188 g/mol. The lowest BCUT2D eigenvalue weighted by Crippen LogP contribution is -2.09. The minimum atomic E-state index is -0.824. The number of esters is 1. The smallest absolute Gasteiger partial charge is 0.342 e. The van der Waals surface area contributed by atoms with Crippen molar-refractivity contribution < 1.29 is 24.5 Å². The molecule has 0 radical (unpaired) electrons. The fraction of sp³-hybridized carbons (Fsp3) is 0.778. The van der Waals surface area contributed by atoms with Gasteiger partial charge in [0.15, 0.2) is 0 Å². The lowest BCUT2D eigenvalue weighted by Gasteiger charge is -2.02. The Kier molecular flexibility index (Phi) is 7.83. The minimum absolute atomic E-state index is 0.0501. The van der Waals surface area contributed by atoms with Crippen LogP contribution in [0.15, 0.2) is 0 Å². The van der Waals surface area contributed by atoms with Crippen LogP contribution in [-0.4, -0.2) is 23.8 Å². The molecule has 0 bridgehead atoms.